The molecular formula is C18H21ClN6O2. The summed E-state index contributed by atoms with van der Waals surface area (Å²) < 4.78 is 7.01. The standard InChI is InChI=1S/C18H20N6O2.ClH/c1-24-18(21-15(23-24)12-7-9-19-10-8-12)22-16(25)14-11-26-17(20-14)13-5-3-2-4-6-13;/h2-6,11-12,19H,7-10H2,1H3,(H,21,22,23,25);1H. The van der Waals surface area contributed by atoms with Crippen LogP contribution in [0.2, 0.25) is 0 Å². The van der Waals surface area contributed by atoms with Gasteiger partial charge in [0.2, 0.25) is 11.8 Å². The average molecular weight is 389 g/mol. The maximum absolute atomic E-state index is 12.5. The summed E-state index contributed by atoms with van der Waals surface area (Å²) in [5.74, 6) is 1.54. The van der Waals surface area contributed by atoms with Gasteiger partial charge in [0.15, 0.2) is 11.5 Å². The lowest BCUT2D eigenvalue weighted by molar-refractivity contribution is 0.102. The fourth-order valence-corrected chi connectivity index (χ4v) is 3.02. The van der Waals surface area contributed by atoms with Crippen molar-refractivity contribution in [3.63, 3.8) is 0 Å². The van der Waals surface area contributed by atoms with Crippen LogP contribution in [0.25, 0.3) is 11.5 Å². The smallest absolute Gasteiger partial charge is 0.279 e. The van der Waals surface area contributed by atoms with Gasteiger partial charge in [0, 0.05) is 18.5 Å². The predicted molar refractivity (Wildman–Crippen MR) is 103 cm³/mol. The third-order valence-corrected chi connectivity index (χ3v) is 4.47. The second-order valence-electron chi connectivity index (χ2n) is 6.30. The zero-order valence-electron chi connectivity index (χ0n) is 14.9. The molecule has 0 saturated carbocycles. The Balaban J connectivity index is 0.00000210. The van der Waals surface area contributed by atoms with Crippen molar-refractivity contribution in [1.82, 2.24) is 25.1 Å². The minimum absolute atomic E-state index is 0. The number of aromatic nitrogens is 4. The average Bonchev–Trinajstić information content (AvgIpc) is 3.31. The molecule has 1 aromatic carbocycles. The molecule has 4 rings (SSSR count). The number of hydrogen-bond donors (Lipinski definition) is 2. The van der Waals surface area contributed by atoms with E-state index in [9.17, 15) is 4.79 Å². The molecule has 2 N–H and O–H groups in total. The Morgan fingerprint density at radius 1 is 1.22 bits per heavy atom. The minimum atomic E-state index is -0.372. The molecule has 1 fully saturated rings. The lowest BCUT2D eigenvalue weighted by Gasteiger charge is -2.19. The van der Waals surface area contributed by atoms with Crippen LogP contribution in [0.3, 0.4) is 0 Å². The minimum Gasteiger partial charge on any atom is -0.444 e. The number of benzene rings is 1. The fourth-order valence-electron chi connectivity index (χ4n) is 3.02. The van der Waals surface area contributed by atoms with E-state index >= 15 is 0 Å². The van der Waals surface area contributed by atoms with E-state index in [1.165, 1.54) is 6.26 Å². The van der Waals surface area contributed by atoms with Crippen LogP contribution in [0.4, 0.5) is 5.95 Å². The molecule has 142 valence electrons. The first-order valence-electron chi connectivity index (χ1n) is 8.64. The molecule has 0 spiro atoms. The molecule has 2 aromatic heterocycles. The first kappa shape index (κ1) is 19.1. The van der Waals surface area contributed by atoms with Crippen LogP contribution in [-0.2, 0) is 7.05 Å². The highest BCUT2D eigenvalue weighted by atomic mass is 35.5. The van der Waals surface area contributed by atoms with E-state index in [2.05, 4.69) is 25.7 Å². The lowest BCUT2D eigenvalue weighted by atomic mass is 9.98. The summed E-state index contributed by atoms with van der Waals surface area (Å²) in [5, 5.41) is 10.5. The Hall–Kier alpha value is -2.71. The molecule has 3 aromatic rings. The third kappa shape index (κ3) is 4.17. The number of anilines is 1. The number of nitrogens with one attached hydrogen (secondary N) is 2. The topological polar surface area (TPSA) is 97.9 Å². The molecule has 0 atom stereocenters. The highest BCUT2D eigenvalue weighted by molar-refractivity contribution is 6.01. The summed E-state index contributed by atoms with van der Waals surface area (Å²) in [6.07, 6.45) is 3.35. The van der Waals surface area contributed by atoms with Crippen molar-refractivity contribution in [2.75, 3.05) is 18.4 Å². The van der Waals surface area contributed by atoms with Crippen LogP contribution in [-0.4, -0.2) is 38.7 Å². The highest BCUT2D eigenvalue weighted by Crippen LogP contribution is 2.23. The SMILES string of the molecule is Cl.Cn1nc(C2CCNCC2)nc1NC(=O)c1coc(-c2ccccc2)n1. The molecule has 9 heteroatoms. The quantitative estimate of drug-likeness (QED) is 0.713. The van der Waals surface area contributed by atoms with E-state index in [0.29, 0.717) is 17.8 Å². The molecule has 0 radical (unpaired) electrons. The number of halogens is 1. The summed E-state index contributed by atoms with van der Waals surface area (Å²) in [6, 6.07) is 9.44. The van der Waals surface area contributed by atoms with Gasteiger partial charge >= 0.3 is 0 Å². The summed E-state index contributed by atoms with van der Waals surface area (Å²) in [6.45, 7) is 1.93. The van der Waals surface area contributed by atoms with Gasteiger partial charge in [0.1, 0.15) is 6.26 Å². The molecule has 1 aliphatic heterocycles. The number of hydrogen-bond acceptors (Lipinski definition) is 6. The molecule has 1 amide bonds. The van der Waals surface area contributed by atoms with Crippen molar-refractivity contribution in [3.05, 3.63) is 48.1 Å². The van der Waals surface area contributed by atoms with Gasteiger partial charge in [0.05, 0.1) is 0 Å². The molecular weight excluding hydrogens is 368 g/mol. The van der Waals surface area contributed by atoms with E-state index in [1.54, 1.807) is 11.7 Å². The summed E-state index contributed by atoms with van der Waals surface area (Å²) in [5.41, 5.74) is 1.02. The lowest BCUT2D eigenvalue weighted by Crippen LogP contribution is -2.27. The number of aryl methyl sites for hydroxylation is 1. The third-order valence-electron chi connectivity index (χ3n) is 4.47. The predicted octanol–water partition coefficient (Wildman–Crippen LogP) is 2.61. The van der Waals surface area contributed by atoms with E-state index < -0.39 is 0 Å². The highest BCUT2D eigenvalue weighted by Gasteiger charge is 2.22. The number of amides is 1. The largest absolute Gasteiger partial charge is 0.444 e. The van der Waals surface area contributed by atoms with Gasteiger partial charge in [-0.2, -0.15) is 10.1 Å². The van der Waals surface area contributed by atoms with Gasteiger partial charge in [-0.1, -0.05) is 18.2 Å². The molecule has 27 heavy (non-hydrogen) atoms. The molecule has 0 bridgehead atoms. The first-order valence-corrected chi connectivity index (χ1v) is 8.64. The van der Waals surface area contributed by atoms with Gasteiger partial charge in [-0.3, -0.25) is 10.1 Å². The van der Waals surface area contributed by atoms with Gasteiger partial charge in [-0.25, -0.2) is 9.67 Å². The van der Waals surface area contributed by atoms with Crippen molar-refractivity contribution < 1.29 is 9.21 Å². The summed E-state index contributed by atoms with van der Waals surface area (Å²) in [7, 11) is 1.77. The molecule has 1 aliphatic rings. The van der Waals surface area contributed by atoms with E-state index in [-0.39, 0.29) is 24.0 Å². The number of piperidine rings is 1. The molecule has 1 saturated heterocycles. The normalized spacial score (nSPS) is 14.6. The first-order chi connectivity index (χ1) is 12.7. The number of oxazole rings is 1. The fraction of sp³-hybridized carbons (Fsp3) is 0.333. The maximum Gasteiger partial charge on any atom is 0.279 e. The van der Waals surface area contributed by atoms with Crippen LogP contribution in [0, 0.1) is 0 Å². The van der Waals surface area contributed by atoms with Crippen LogP contribution in [0.15, 0.2) is 41.0 Å². The van der Waals surface area contributed by atoms with Gasteiger partial charge in [-0.15, -0.1) is 12.4 Å². The zero-order valence-corrected chi connectivity index (χ0v) is 15.7. The molecule has 0 aliphatic carbocycles. The van der Waals surface area contributed by atoms with Crippen molar-refractivity contribution in [3.8, 4) is 11.5 Å². The Kier molecular flexibility index (Phi) is 5.88. The van der Waals surface area contributed by atoms with Crippen molar-refractivity contribution in [1.29, 1.82) is 0 Å². The monoisotopic (exact) mass is 388 g/mol. The number of carbonyl (C=O) groups excluding carboxylic acids is 1. The maximum atomic E-state index is 12.5. The molecule has 3 heterocycles. The van der Waals surface area contributed by atoms with E-state index in [0.717, 1.165) is 37.3 Å². The number of carbonyl (C=O) groups is 1. The van der Waals surface area contributed by atoms with Crippen LogP contribution >= 0.6 is 12.4 Å². The number of nitrogens with zero attached hydrogens (tertiary/aromatic N) is 4. The number of rotatable bonds is 4. The summed E-state index contributed by atoms with van der Waals surface area (Å²) >= 11 is 0. The Labute approximate surface area is 162 Å². The molecule has 8 nitrogen and oxygen atoms in total. The molecule has 0 unspecified atom stereocenters. The second kappa shape index (κ2) is 8.32. The van der Waals surface area contributed by atoms with Gasteiger partial charge in [-0.05, 0) is 38.1 Å². The zero-order chi connectivity index (χ0) is 17.9. The Morgan fingerprint density at radius 2 is 1.96 bits per heavy atom. The van der Waals surface area contributed by atoms with E-state index in [4.69, 9.17) is 4.42 Å². The van der Waals surface area contributed by atoms with Gasteiger partial charge in [0.25, 0.3) is 5.91 Å². The Morgan fingerprint density at radius 3 is 2.70 bits per heavy atom. The van der Waals surface area contributed by atoms with Crippen molar-refractivity contribution >= 4 is 24.3 Å². The Bertz CT molecular complexity index is 902. The van der Waals surface area contributed by atoms with E-state index in [1.807, 2.05) is 30.3 Å². The summed E-state index contributed by atoms with van der Waals surface area (Å²) in [4.78, 5) is 21.2. The van der Waals surface area contributed by atoms with Crippen LogP contribution in [0.5, 0.6) is 0 Å². The van der Waals surface area contributed by atoms with Crippen LogP contribution in [0.1, 0.15) is 35.1 Å². The van der Waals surface area contributed by atoms with Gasteiger partial charge < -0.3 is 9.73 Å². The van der Waals surface area contributed by atoms with Crippen LogP contribution < -0.4 is 10.6 Å². The second-order valence-corrected chi connectivity index (χ2v) is 6.30. The van der Waals surface area contributed by atoms with Crippen molar-refractivity contribution in [2.45, 2.75) is 18.8 Å². The van der Waals surface area contributed by atoms with Crippen molar-refractivity contribution in [2.24, 2.45) is 7.05 Å².